The molecule has 1 N–H and O–H groups in total. The Kier molecular flexibility index (Phi) is 5.15. The number of aromatic carboxylic acids is 1. The molecule has 3 rings (SSSR count). The number of hydrogen-bond acceptors (Lipinski definition) is 5. The van der Waals surface area contributed by atoms with Crippen LogP contribution in [0.1, 0.15) is 10.4 Å². The predicted molar refractivity (Wildman–Crippen MR) is 97.4 cm³/mol. The topological polar surface area (TPSA) is 87.2 Å². The zero-order valence-electron chi connectivity index (χ0n) is 14.3. The highest BCUT2D eigenvalue weighted by Gasteiger charge is 2.32. The molecule has 0 radical (unpaired) electrons. The molecular formula is C18H20N2O5S. The standard InChI is InChI=1S/C18H20N2O5S/c1-25-16-8-4-3-7-15(16)19-10-12-20(13-11-19)26(23,24)17-9-5-2-6-14(17)18(21)22/h2-9H,10-13H2,1H3,(H,21,22). The number of ether oxygens (including phenoxy) is 1. The van der Waals surface area contributed by atoms with Gasteiger partial charge < -0.3 is 14.7 Å². The molecule has 2 aromatic rings. The highest BCUT2D eigenvalue weighted by Crippen LogP contribution is 2.29. The van der Waals surface area contributed by atoms with Gasteiger partial charge in [0, 0.05) is 26.2 Å². The number of rotatable bonds is 5. The lowest BCUT2D eigenvalue weighted by Gasteiger charge is -2.36. The van der Waals surface area contributed by atoms with E-state index in [0.29, 0.717) is 13.1 Å². The summed E-state index contributed by atoms with van der Waals surface area (Å²) in [6.45, 7) is 1.53. The number of anilines is 1. The molecule has 0 spiro atoms. The van der Waals surface area contributed by atoms with Crippen molar-refractivity contribution < 1.29 is 23.1 Å². The summed E-state index contributed by atoms with van der Waals surface area (Å²) in [6.07, 6.45) is 0. The second-order valence-corrected chi connectivity index (χ2v) is 7.77. The zero-order chi connectivity index (χ0) is 18.7. The second-order valence-electron chi connectivity index (χ2n) is 5.86. The first kappa shape index (κ1) is 18.2. The van der Waals surface area contributed by atoms with E-state index in [1.807, 2.05) is 24.3 Å². The fourth-order valence-electron chi connectivity index (χ4n) is 3.07. The molecule has 1 aliphatic rings. The van der Waals surface area contributed by atoms with E-state index in [1.54, 1.807) is 7.11 Å². The van der Waals surface area contributed by atoms with Crippen LogP contribution in [0.5, 0.6) is 5.75 Å². The summed E-state index contributed by atoms with van der Waals surface area (Å²) in [5.74, 6) is -0.517. The van der Waals surface area contributed by atoms with Crippen LogP contribution in [-0.4, -0.2) is 57.1 Å². The molecule has 26 heavy (non-hydrogen) atoms. The van der Waals surface area contributed by atoms with Crippen LogP contribution in [-0.2, 0) is 10.0 Å². The fourth-order valence-corrected chi connectivity index (χ4v) is 4.67. The van der Waals surface area contributed by atoms with Crippen LogP contribution in [0.4, 0.5) is 5.69 Å². The summed E-state index contributed by atoms with van der Waals surface area (Å²) in [4.78, 5) is 13.2. The quantitative estimate of drug-likeness (QED) is 0.858. The highest BCUT2D eigenvalue weighted by atomic mass is 32.2. The normalized spacial score (nSPS) is 15.7. The highest BCUT2D eigenvalue weighted by molar-refractivity contribution is 7.89. The largest absolute Gasteiger partial charge is 0.495 e. The van der Waals surface area contributed by atoms with Crippen LogP contribution in [0.25, 0.3) is 0 Å². The molecule has 1 heterocycles. The maximum Gasteiger partial charge on any atom is 0.337 e. The Bertz CT molecular complexity index is 905. The van der Waals surface area contributed by atoms with E-state index in [9.17, 15) is 18.3 Å². The number of hydrogen-bond donors (Lipinski definition) is 1. The van der Waals surface area contributed by atoms with Gasteiger partial charge in [0.2, 0.25) is 10.0 Å². The lowest BCUT2D eigenvalue weighted by molar-refractivity contribution is 0.0692. The third kappa shape index (κ3) is 3.38. The summed E-state index contributed by atoms with van der Waals surface area (Å²) in [5, 5.41) is 9.27. The Morgan fingerprint density at radius 2 is 1.62 bits per heavy atom. The smallest absolute Gasteiger partial charge is 0.337 e. The summed E-state index contributed by atoms with van der Waals surface area (Å²) in [6, 6.07) is 13.3. The molecule has 8 heteroatoms. The van der Waals surface area contributed by atoms with E-state index >= 15 is 0 Å². The monoisotopic (exact) mass is 376 g/mol. The van der Waals surface area contributed by atoms with Crippen molar-refractivity contribution in [2.24, 2.45) is 0 Å². The van der Waals surface area contributed by atoms with Gasteiger partial charge in [-0.15, -0.1) is 0 Å². The number of piperazine rings is 1. The molecule has 0 atom stereocenters. The molecule has 2 aromatic carbocycles. The first-order chi connectivity index (χ1) is 12.4. The van der Waals surface area contributed by atoms with Crippen LogP contribution in [0.3, 0.4) is 0 Å². The van der Waals surface area contributed by atoms with E-state index in [0.717, 1.165) is 11.4 Å². The first-order valence-electron chi connectivity index (χ1n) is 8.15. The number of carboxylic acids is 1. The minimum atomic E-state index is -3.86. The van der Waals surface area contributed by atoms with Crippen LogP contribution < -0.4 is 9.64 Å². The van der Waals surface area contributed by atoms with E-state index in [2.05, 4.69) is 4.90 Å². The third-order valence-electron chi connectivity index (χ3n) is 4.40. The summed E-state index contributed by atoms with van der Waals surface area (Å²) >= 11 is 0. The average molecular weight is 376 g/mol. The van der Waals surface area contributed by atoms with Crippen molar-refractivity contribution >= 4 is 21.7 Å². The fraction of sp³-hybridized carbons (Fsp3) is 0.278. The summed E-state index contributed by atoms with van der Waals surface area (Å²) < 4.78 is 32.5. The molecule has 7 nitrogen and oxygen atoms in total. The summed E-state index contributed by atoms with van der Waals surface area (Å²) in [7, 11) is -2.26. The van der Waals surface area contributed by atoms with Gasteiger partial charge in [-0.25, -0.2) is 13.2 Å². The minimum absolute atomic E-state index is 0.168. The van der Waals surface area contributed by atoms with Gasteiger partial charge in [0.25, 0.3) is 0 Å². The molecule has 0 saturated carbocycles. The van der Waals surface area contributed by atoms with Crippen molar-refractivity contribution in [3.05, 3.63) is 54.1 Å². The van der Waals surface area contributed by atoms with Crippen molar-refractivity contribution in [2.75, 3.05) is 38.2 Å². The van der Waals surface area contributed by atoms with Gasteiger partial charge in [0.1, 0.15) is 5.75 Å². The van der Waals surface area contributed by atoms with Gasteiger partial charge in [-0.2, -0.15) is 4.31 Å². The molecule has 1 saturated heterocycles. The van der Waals surface area contributed by atoms with Gasteiger partial charge in [-0.3, -0.25) is 0 Å². The van der Waals surface area contributed by atoms with Gasteiger partial charge >= 0.3 is 5.97 Å². The lowest BCUT2D eigenvalue weighted by Crippen LogP contribution is -2.49. The Balaban J connectivity index is 1.81. The first-order valence-corrected chi connectivity index (χ1v) is 9.59. The SMILES string of the molecule is COc1ccccc1N1CCN(S(=O)(=O)c2ccccc2C(=O)O)CC1. The maximum absolute atomic E-state index is 12.9. The van der Waals surface area contributed by atoms with Crippen LogP contribution in [0, 0.1) is 0 Å². The Morgan fingerprint density at radius 3 is 2.27 bits per heavy atom. The maximum atomic E-state index is 12.9. The lowest BCUT2D eigenvalue weighted by atomic mass is 10.2. The number of carboxylic acid groups (broad SMARTS) is 1. The average Bonchev–Trinajstić information content (AvgIpc) is 2.68. The minimum Gasteiger partial charge on any atom is -0.495 e. The Morgan fingerprint density at radius 1 is 1.00 bits per heavy atom. The number of para-hydroxylation sites is 2. The van der Waals surface area contributed by atoms with E-state index in [-0.39, 0.29) is 23.5 Å². The van der Waals surface area contributed by atoms with Crippen LogP contribution in [0.15, 0.2) is 53.4 Å². The molecule has 0 bridgehead atoms. The molecule has 138 valence electrons. The van der Waals surface area contributed by atoms with Crippen molar-refractivity contribution in [1.29, 1.82) is 0 Å². The van der Waals surface area contributed by atoms with E-state index in [1.165, 1.54) is 28.6 Å². The Labute approximate surface area is 152 Å². The number of carbonyl (C=O) groups is 1. The van der Waals surface area contributed by atoms with Crippen LogP contribution >= 0.6 is 0 Å². The molecule has 0 unspecified atom stereocenters. The molecule has 0 aromatic heterocycles. The molecular weight excluding hydrogens is 356 g/mol. The number of benzene rings is 2. The van der Waals surface area contributed by atoms with Crippen LogP contribution in [0.2, 0.25) is 0 Å². The van der Waals surface area contributed by atoms with Gasteiger partial charge in [0.15, 0.2) is 0 Å². The van der Waals surface area contributed by atoms with Crippen molar-refractivity contribution in [3.8, 4) is 5.75 Å². The number of methoxy groups -OCH3 is 1. The molecule has 0 amide bonds. The Hall–Kier alpha value is -2.58. The zero-order valence-corrected chi connectivity index (χ0v) is 15.1. The third-order valence-corrected chi connectivity index (χ3v) is 6.36. The molecule has 1 fully saturated rings. The number of sulfonamides is 1. The van der Waals surface area contributed by atoms with E-state index < -0.39 is 16.0 Å². The van der Waals surface area contributed by atoms with Gasteiger partial charge in [-0.05, 0) is 24.3 Å². The van der Waals surface area contributed by atoms with Gasteiger partial charge in [0.05, 0.1) is 23.3 Å². The van der Waals surface area contributed by atoms with Crippen molar-refractivity contribution in [1.82, 2.24) is 4.31 Å². The molecule has 0 aliphatic carbocycles. The van der Waals surface area contributed by atoms with E-state index in [4.69, 9.17) is 4.74 Å². The second kappa shape index (κ2) is 7.35. The summed E-state index contributed by atoms with van der Waals surface area (Å²) in [5.41, 5.74) is 0.706. The molecule has 1 aliphatic heterocycles. The van der Waals surface area contributed by atoms with Gasteiger partial charge in [-0.1, -0.05) is 24.3 Å². The van der Waals surface area contributed by atoms with Crippen molar-refractivity contribution in [2.45, 2.75) is 4.90 Å². The predicted octanol–water partition coefficient (Wildman–Crippen LogP) is 1.90. The van der Waals surface area contributed by atoms with Crippen molar-refractivity contribution in [3.63, 3.8) is 0 Å². The number of nitrogens with zero attached hydrogens (tertiary/aromatic N) is 2.